The number of ether oxygens (including phenoxy) is 3. The fourth-order valence-corrected chi connectivity index (χ4v) is 2.85. The van der Waals surface area contributed by atoms with Crippen LogP contribution in [-0.4, -0.2) is 51.6 Å². The molecule has 1 aromatic carbocycles. The van der Waals surface area contributed by atoms with Gasteiger partial charge in [-0.15, -0.1) is 0 Å². The van der Waals surface area contributed by atoms with Crippen LogP contribution < -0.4 is 15.4 Å². The standard InChI is InChI=1S/C20H33N3O3/c1-4-25-13-6-12-21-19(23-16-20(2)11-5-14-26-20)22-15-17-7-9-18(24-3)10-8-17/h7-10H,4-6,11-16H2,1-3H3,(H2,21,22,23). The maximum Gasteiger partial charge on any atom is 0.191 e. The smallest absolute Gasteiger partial charge is 0.191 e. The first-order valence-electron chi connectivity index (χ1n) is 9.52. The van der Waals surface area contributed by atoms with Crippen molar-refractivity contribution in [3.05, 3.63) is 29.8 Å². The van der Waals surface area contributed by atoms with Crippen molar-refractivity contribution in [2.24, 2.45) is 4.99 Å². The van der Waals surface area contributed by atoms with Gasteiger partial charge in [-0.1, -0.05) is 12.1 Å². The van der Waals surface area contributed by atoms with E-state index in [1.165, 1.54) is 0 Å². The van der Waals surface area contributed by atoms with Gasteiger partial charge in [0.1, 0.15) is 5.75 Å². The summed E-state index contributed by atoms with van der Waals surface area (Å²) in [6.07, 6.45) is 3.15. The van der Waals surface area contributed by atoms with E-state index < -0.39 is 0 Å². The van der Waals surface area contributed by atoms with Crippen LogP contribution in [0.15, 0.2) is 29.3 Å². The molecular formula is C20H33N3O3. The highest BCUT2D eigenvalue weighted by atomic mass is 16.5. The second-order valence-electron chi connectivity index (χ2n) is 6.75. The zero-order valence-corrected chi connectivity index (χ0v) is 16.3. The Balaban J connectivity index is 1.88. The van der Waals surface area contributed by atoms with Crippen LogP contribution >= 0.6 is 0 Å². The Hall–Kier alpha value is -1.79. The summed E-state index contributed by atoms with van der Waals surface area (Å²) in [5.74, 6) is 1.67. The summed E-state index contributed by atoms with van der Waals surface area (Å²) in [4.78, 5) is 4.72. The van der Waals surface area contributed by atoms with E-state index >= 15 is 0 Å². The molecule has 0 radical (unpaired) electrons. The fourth-order valence-electron chi connectivity index (χ4n) is 2.85. The van der Waals surface area contributed by atoms with Gasteiger partial charge in [-0.05, 0) is 50.8 Å². The number of rotatable bonds is 10. The van der Waals surface area contributed by atoms with Gasteiger partial charge in [0.25, 0.3) is 0 Å². The molecule has 1 fully saturated rings. The molecule has 1 unspecified atom stereocenters. The van der Waals surface area contributed by atoms with Crippen molar-refractivity contribution in [3.63, 3.8) is 0 Å². The lowest BCUT2D eigenvalue weighted by molar-refractivity contribution is 0.0242. The normalized spacial score (nSPS) is 20.2. The molecule has 1 atom stereocenters. The molecule has 1 heterocycles. The number of aliphatic imine (C=N–C) groups is 1. The van der Waals surface area contributed by atoms with Crippen molar-refractivity contribution < 1.29 is 14.2 Å². The quantitative estimate of drug-likeness (QED) is 0.380. The molecule has 6 nitrogen and oxygen atoms in total. The van der Waals surface area contributed by atoms with E-state index in [9.17, 15) is 0 Å². The first kappa shape index (κ1) is 20.5. The summed E-state index contributed by atoms with van der Waals surface area (Å²) in [6, 6.07) is 7.99. The molecule has 0 aliphatic carbocycles. The minimum Gasteiger partial charge on any atom is -0.497 e. The summed E-state index contributed by atoms with van der Waals surface area (Å²) >= 11 is 0. The number of hydrogen-bond acceptors (Lipinski definition) is 4. The van der Waals surface area contributed by atoms with E-state index in [-0.39, 0.29) is 5.60 Å². The molecule has 2 rings (SSSR count). The molecule has 26 heavy (non-hydrogen) atoms. The van der Waals surface area contributed by atoms with Gasteiger partial charge in [0.2, 0.25) is 0 Å². The molecule has 0 amide bonds. The molecule has 0 bridgehead atoms. The van der Waals surface area contributed by atoms with Gasteiger partial charge in [-0.25, -0.2) is 4.99 Å². The molecule has 1 aliphatic heterocycles. The third-order valence-corrected chi connectivity index (χ3v) is 4.47. The molecule has 1 saturated heterocycles. The molecule has 146 valence electrons. The predicted octanol–water partition coefficient (Wildman–Crippen LogP) is 2.73. The molecule has 0 spiro atoms. The van der Waals surface area contributed by atoms with E-state index in [4.69, 9.17) is 19.2 Å². The minimum absolute atomic E-state index is 0.103. The molecule has 0 aromatic heterocycles. The minimum atomic E-state index is -0.103. The second kappa shape index (κ2) is 11.0. The number of nitrogens with one attached hydrogen (secondary N) is 2. The third-order valence-electron chi connectivity index (χ3n) is 4.47. The van der Waals surface area contributed by atoms with Crippen LogP contribution in [0.4, 0.5) is 0 Å². The monoisotopic (exact) mass is 363 g/mol. The Morgan fingerprint density at radius 1 is 1.27 bits per heavy atom. The highest BCUT2D eigenvalue weighted by Crippen LogP contribution is 2.23. The summed E-state index contributed by atoms with van der Waals surface area (Å²) in [7, 11) is 1.67. The summed E-state index contributed by atoms with van der Waals surface area (Å²) in [6.45, 7) is 8.73. The zero-order valence-electron chi connectivity index (χ0n) is 16.3. The van der Waals surface area contributed by atoms with Crippen LogP contribution in [0.2, 0.25) is 0 Å². The zero-order chi connectivity index (χ0) is 18.7. The predicted molar refractivity (Wildman–Crippen MR) is 105 cm³/mol. The molecule has 0 saturated carbocycles. The fraction of sp³-hybridized carbons (Fsp3) is 0.650. The SMILES string of the molecule is CCOCCCNC(=NCc1ccc(OC)cc1)NCC1(C)CCCO1. The van der Waals surface area contributed by atoms with Crippen molar-refractivity contribution >= 4 is 5.96 Å². The lowest BCUT2D eigenvalue weighted by atomic mass is 10.0. The number of guanidine groups is 1. The van der Waals surface area contributed by atoms with E-state index in [0.29, 0.717) is 6.54 Å². The summed E-state index contributed by atoms with van der Waals surface area (Å²) in [5.41, 5.74) is 1.04. The molecule has 6 heteroatoms. The maximum absolute atomic E-state index is 5.86. The van der Waals surface area contributed by atoms with Gasteiger partial charge >= 0.3 is 0 Å². The van der Waals surface area contributed by atoms with Crippen LogP contribution in [0.1, 0.15) is 38.7 Å². The molecule has 2 N–H and O–H groups in total. The van der Waals surface area contributed by atoms with Gasteiger partial charge in [0.15, 0.2) is 5.96 Å². The number of benzene rings is 1. The summed E-state index contributed by atoms with van der Waals surface area (Å²) in [5, 5.41) is 6.83. The Morgan fingerprint density at radius 2 is 2.08 bits per heavy atom. The van der Waals surface area contributed by atoms with E-state index in [1.54, 1.807) is 7.11 Å². The van der Waals surface area contributed by atoms with E-state index in [1.807, 2.05) is 31.2 Å². The Morgan fingerprint density at radius 3 is 2.73 bits per heavy atom. The van der Waals surface area contributed by atoms with Crippen LogP contribution in [0.3, 0.4) is 0 Å². The average molecular weight is 364 g/mol. The maximum atomic E-state index is 5.86. The lowest BCUT2D eigenvalue weighted by Crippen LogP contribution is -2.46. The first-order chi connectivity index (χ1) is 12.6. The van der Waals surface area contributed by atoms with Crippen molar-refractivity contribution in [2.75, 3.05) is 40.0 Å². The van der Waals surface area contributed by atoms with Crippen molar-refractivity contribution in [1.82, 2.24) is 10.6 Å². The number of methoxy groups -OCH3 is 1. The van der Waals surface area contributed by atoms with E-state index in [0.717, 1.165) is 69.4 Å². The molecular weight excluding hydrogens is 330 g/mol. The largest absolute Gasteiger partial charge is 0.497 e. The molecule has 1 aliphatic rings. The lowest BCUT2D eigenvalue weighted by Gasteiger charge is -2.25. The second-order valence-corrected chi connectivity index (χ2v) is 6.75. The highest BCUT2D eigenvalue weighted by molar-refractivity contribution is 5.79. The highest BCUT2D eigenvalue weighted by Gasteiger charge is 2.29. The Labute approximate surface area is 157 Å². The average Bonchev–Trinajstić information content (AvgIpc) is 3.10. The van der Waals surface area contributed by atoms with Crippen molar-refractivity contribution in [1.29, 1.82) is 0 Å². The van der Waals surface area contributed by atoms with Gasteiger partial charge in [0.05, 0.1) is 19.3 Å². The first-order valence-corrected chi connectivity index (χ1v) is 9.52. The van der Waals surface area contributed by atoms with Crippen LogP contribution in [0.25, 0.3) is 0 Å². The van der Waals surface area contributed by atoms with Gasteiger partial charge in [0, 0.05) is 32.9 Å². The topological polar surface area (TPSA) is 64.1 Å². The third kappa shape index (κ3) is 7.22. The van der Waals surface area contributed by atoms with Gasteiger partial charge in [-0.3, -0.25) is 0 Å². The van der Waals surface area contributed by atoms with Gasteiger partial charge < -0.3 is 24.8 Å². The Bertz CT molecular complexity index is 540. The van der Waals surface area contributed by atoms with Crippen molar-refractivity contribution in [2.45, 2.75) is 45.3 Å². The van der Waals surface area contributed by atoms with Crippen molar-refractivity contribution in [3.8, 4) is 5.75 Å². The number of nitrogens with zero attached hydrogens (tertiary/aromatic N) is 1. The Kier molecular flexibility index (Phi) is 8.71. The van der Waals surface area contributed by atoms with Gasteiger partial charge in [-0.2, -0.15) is 0 Å². The van der Waals surface area contributed by atoms with Crippen LogP contribution in [-0.2, 0) is 16.0 Å². The summed E-state index contributed by atoms with van der Waals surface area (Å²) < 4.78 is 16.4. The van der Waals surface area contributed by atoms with E-state index in [2.05, 4.69) is 17.6 Å². The van der Waals surface area contributed by atoms with Crippen LogP contribution in [0.5, 0.6) is 5.75 Å². The number of hydrogen-bond donors (Lipinski definition) is 2. The molecule has 1 aromatic rings. The van der Waals surface area contributed by atoms with Crippen LogP contribution in [0, 0.1) is 0 Å².